The van der Waals surface area contributed by atoms with Crippen LogP contribution in [0, 0.1) is 0 Å². The van der Waals surface area contributed by atoms with Gasteiger partial charge in [0.15, 0.2) is 6.10 Å². The molecular formula is C18H23NO4. The van der Waals surface area contributed by atoms with E-state index in [9.17, 15) is 9.59 Å². The van der Waals surface area contributed by atoms with E-state index in [1.807, 2.05) is 24.3 Å². The van der Waals surface area contributed by atoms with Gasteiger partial charge in [0.1, 0.15) is 11.3 Å². The van der Waals surface area contributed by atoms with Gasteiger partial charge in [-0.2, -0.15) is 0 Å². The maximum absolute atomic E-state index is 12.7. The maximum atomic E-state index is 12.7. The van der Waals surface area contributed by atoms with E-state index in [1.165, 1.54) is 0 Å². The molecule has 1 aliphatic heterocycles. The molecule has 1 aromatic rings. The average Bonchev–Trinajstić information content (AvgIpc) is 3.00. The summed E-state index contributed by atoms with van der Waals surface area (Å²) in [6.45, 7) is 2.11. The zero-order chi connectivity index (χ0) is 16.3. The number of carbonyl (C=O) groups excluding carboxylic acids is 2. The van der Waals surface area contributed by atoms with Crippen molar-refractivity contribution >= 4 is 11.9 Å². The van der Waals surface area contributed by atoms with Crippen molar-refractivity contribution in [2.75, 3.05) is 6.61 Å². The first-order chi connectivity index (χ1) is 11.1. The lowest BCUT2D eigenvalue weighted by atomic mass is 9.81. The van der Waals surface area contributed by atoms with Crippen molar-refractivity contribution in [2.24, 2.45) is 0 Å². The number of fused-ring (bicyclic) bond motifs is 1. The molecule has 5 heteroatoms. The second-order valence-electron chi connectivity index (χ2n) is 6.27. The molecule has 1 atom stereocenters. The number of benzene rings is 1. The molecule has 2 aliphatic rings. The molecule has 1 heterocycles. The molecule has 0 radical (unpaired) electrons. The maximum Gasteiger partial charge on any atom is 0.331 e. The number of hydrogen-bond acceptors (Lipinski definition) is 4. The van der Waals surface area contributed by atoms with Crippen molar-refractivity contribution < 1.29 is 19.1 Å². The predicted octanol–water partition coefficient (Wildman–Crippen LogP) is 2.37. The standard InChI is InChI=1S/C18H23NO4/c1-2-22-17(21)18(10-6-3-7-11-18)19-16(20)15-12-13-8-4-5-9-14(13)23-15/h4-5,8-9,15H,2-3,6-7,10-12H2,1H3,(H,19,20). The summed E-state index contributed by atoms with van der Waals surface area (Å²) in [7, 11) is 0. The summed E-state index contributed by atoms with van der Waals surface area (Å²) in [5.41, 5.74) is 0.144. The quantitative estimate of drug-likeness (QED) is 0.866. The van der Waals surface area contributed by atoms with Crippen LogP contribution in [-0.2, 0) is 20.7 Å². The number of nitrogens with one attached hydrogen (secondary N) is 1. The molecule has 1 aromatic carbocycles. The van der Waals surface area contributed by atoms with E-state index in [1.54, 1.807) is 6.92 Å². The van der Waals surface area contributed by atoms with E-state index >= 15 is 0 Å². The van der Waals surface area contributed by atoms with Gasteiger partial charge in [-0.15, -0.1) is 0 Å². The SMILES string of the molecule is CCOC(=O)C1(NC(=O)C2Cc3ccccc3O2)CCCCC1. The van der Waals surface area contributed by atoms with Gasteiger partial charge >= 0.3 is 5.97 Å². The van der Waals surface area contributed by atoms with E-state index in [-0.39, 0.29) is 11.9 Å². The first-order valence-corrected chi connectivity index (χ1v) is 8.38. The summed E-state index contributed by atoms with van der Waals surface area (Å²) >= 11 is 0. The van der Waals surface area contributed by atoms with E-state index < -0.39 is 11.6 Å². The van der Waals surface area contributed by atoms with Crippen LogP contribution in [0.1, 0.15) is 44.6 Å². The molecule has 1 N–H and O–H groups in total. The Bertz CT molecular complexity index is 567. The van der Waals surface area contributed by atoms with Crippen LogP contribution < -0.4 is 10.1 Å². The van der Waals surface area contributed by atoms with Crippen molar-refractivity contribution in [3.8, 4) is 5.75 Å². The topological polar surface area (TPSA) is 64.6 Å². The monoisotopic (exact) mass is 317 g/mol. The van der Waals surface area contributed by atoms with Gasteiger partial charge in [-0.25, -0.2) is 4.79 Å². The molecule has 124 valence electrons. The van der Waals surface area contributed by atoms with Crippen molar-refractivity contribution in [2.45, 2.75) is 57.1 Å². The summed E-state index contributed by atoms with van der Waals surface area (Å²) in [5, 5.41) is 2.96. The number of carbonyl (C=O) groups is 2. The predicted molar refractivity (Wildman–Crippen MR) is 85.2 cm³/mol. The molecule has 3 rings (SSSR count). The van der Waals surface area contributed by atoms with Crippen molar-refractivity contribution in [1.29, 1.82) is 0 Å². The highest BCUT2D eigenvalue weighted by Crippen LogP contribution is 2.32. The Morgan fingerprint density at radius 1 is 1.26 bits per heavy atom. The van der Waals surface area contributed by atoms with Gasteiger partial charge in [-0.3, -0.25) is 4.79 Å². The molecule has 0 bridgehead atoms. The van der Waals surface area contributed by atoms with Crippen molar-refractivity contribution in [3.63, 3.8) is 0 Å². The Labute approximate surface area is 136 Å². The number of esters is 1. The number of hydrogen-bond donors (Lipinski definition) is 1. The second-order valence-corrected chi connectivity index (χ2v) is 6.27. The fourth-order valence-corrected chi connectivity index (χ4v) is 3.45. The Balaban J connectivity index is 1.71. The van der Waals surface area contributed by atoms with Crippen molar-refractivity contribution in [1.82, 2.24) is 5.32 Å². The van der Waals surface area contributed by atoms with Gasteiger partial charge in [-0.1, -0.05) is 37.5 Å². The van der Waals surface area contributed by atoms with Crippen LogP contribution in [0.4, 0.5) is 0 Å². The molecule has 1 unspecified atom stereocenters. The molecule has 1 fully saturated rings. The zero-order valence-electron chi connectivity index (χ0n) is 13.5. The lowest BCUT2D eigenvalue weighted by Gasteiger charge is -2.36. The van der Waals surface area contributed by atoms with E-state index in [2.05, 4.69) is 5.32 Å². The lowest BCUT2D eigenvalue weighted by Crippen LogP contribution is -2.59. The number of para-hydroxylation sites is 1. The first kappa shape index (κ1) is 15.8. The minimum absolute atomic E-state index is 0.226. The molecule has 23 heavy (non-hydrogen) atoms. The summed E-state index contributed by atoms with van der Waals surface area (Å²) in [5.74, 6) is 0.209. The Hall–Kier alpha value is -2.04. The summed E-state index contributed by atoms with van der Waals surface area (Å²) < 4.78 is 10.9. The zero-order valence-corrected chi connectivity index (χ0v) is 13.5. The Morgan fingerprint density at radius 3 is 2.70 bits per heavy atom. The Morgan fingerprint density at radius 2 is 2.00 bits per heavy atom. The molecule has 0 spiro atoms. The fourth-order valence-electron chi connectivity index (χ4n) is 3.45. The summed E-state index contributed by atoms with van der Waals surface area (Å²) in [4.78, 5) is 25.1. The van der Waals surface area contributed by atoms with Crippen LogP contribution in [0.5, 0.6) is 5.75 Å². The molecule has 0 saturated heterocycles. The third-order valence-corrected chi connectivity index (χ3v) is 4.68. The normalized spacial score (nSPS) is 21.9. The van der Waals surface area contributed by atoms with Crippen LogP contribution in [-0.4, -0.2) is 30.1 Å². The minimum atomic E-state index is -0.885. The smallest absolute Gasteiger partial charge is 0.331 e. The highest BCUT2D eigenvalue weighted by atomic mass is 16.5. The molecule has 1 aliphatic carbocycles. The third kappa shape index (κ3) is 3.19. The van der Waals surface area contributed by atoms with Gasteiger partial charge in [-0.05, 0) is 31.4 Å². The highest BCUT2D eigenvalue weighted by molar-refractivity contribution is 5.90. The second kappa shape index (κ2) is 6.60. The fraction of sp³-hybridized carbons (Fsp3) is 0.556. The first-order valence-electron chi connectivity index (χ1n) is 8.38. The van der Waals surface area contributed by atoms with Gasteiger partial charge in [0.2, 0.25) is 0 Å². The van der Waals surface area contributed by atoms with E-state index in [0.717, 1.165) is 30.6 Å². The minimum Gasteiger partial charge on any atom is -0.480 e. The Kier molecular flexibility index (Phi) is 4.55. The summed E-state index contributed by atoms with van der Waals surface area (Å²) in [6.07, 6.45) is 4.17. The van der Waals surface area contributed by atoms with Crippen LogP contribution in [0.2, 0.25) is 0 Å². The molecule has 1 saturated carbocycles. The van der Waals surface area contributed by atoms with Gasteiger partial charge in [0, 0.05) is 6.42 Å². The number of amides is 1. The van der Waals surface area contributed by atoms with Crippen molar-refractivity contribution in [3.05, 3.63) is 29.8 Å². The van der Waals surface area contributed by atoms with Gasteiger partial charge in [0.05, 0.1) is 6.61 Å². The number of ether oxygens (including phenoxy) is 2. The van der Waals surface area contributed by atoms with Crippen LogP contribution in [0.25, 0.3) is 0 Å². The van der Waals surface area contributed by atoms with Crippen LogP contribution >= 0.6 is 0 Å². The molecular weight excluding hydrogens is 294 g/mol. The van der Waals surface area contributed by atoms with Gasteiger partial charge < -0.3 is 14.8 Å². The van der Waals surface area contributed by atoms with Crippen LogP contribution in [0.15, 0.2) is 24.3 Å². The largest absolute Gasteiger partial charge is 0.480 e. The average molecular weight is 317 g/mol. The highest BCUT2D eigenvalue weighted by Gasteiger charge is 2.44. The third-order valence-electron chi connectivity index (χ3n) is 4.68. The molecule has 5 nitrogen and oxygen atoms in total. The summed E-state index contributed by atoms with van der Waals surface area (Å²) in [6, 6.07) is 7.65. The number of rotatable bonds is 4. The molecule has 1 amide bonds. The van der Waals surface area contributed by atoms with E-state index in [0.29, 0.717) is 25.9 Å². The lowest BCUT2D eigenvalue weighted by molar-refractivity contribution is -0.155. The van der Waals surface area contributed by atoms with E-state index in [4.69, 9.17) is 9.47 Å². The van der Waals surface area contributed by atoms with Crippen LogP contribution in [0.3, 0.4) is 0 Å². The molecule has 0 aromatic heterocycles. The van der Waals surface area contributed by atoms with Gasteiger partial charge in [0.25, 0.3) is 5.91 Å².